The van der Waals surface area contributed by atoms with Crippen LogP contribution in [0.3, 0.4) is 0 Å². The topological polar surface area (TPSA) is 41.3 Å². The summed E-state index contributed by atoms with van der Waals surface area (Å²) in [5.41, 5.74) is 8.32. The highest BCUT2D eigenvalue weighted by Gasteiger charge is 2.14. The van der Waals surface area contributed by atoms with Crippen LogP contribution in [0.4, 0.5) is 0 Å². The van der Waals surface area contributed by atoms with Crippen LogP contribution in [0.5, 0.6) is 0 Å². The zero-order chi connectivity index (χ0) is 12.1. The predicted molar refractivity (Wildman–Crippen MR) is 72.1 cm³/mol. The van der Waals surface area contributed by atoms with Gasteiger partial charge in [0.1, 0.15) is 0 Å². The van der Waals surface area contributed by atoms with Crippen LogP contribution in [0, 0.1) is 0 Å². The maximum atomic E-state index is 5.68. The maximum absolute atomic E-state index is 5.68. The van der Waals surface area contributed by atoms with Crippen LogP contribution in [0.25, 0.3) is 0 Å². The Morgan fingerprint density at radius 3 is 2.82 bits per heavy atom. The number of benzene rings is 1. The standard InChI is InChI=1S/C14H23N3/c1-12(11-17-7-5-16-6-8-17)14-4-2-3-13(9-14)10-15/h2-4,9,12,16H,5-8,10-11,15H2,1H3. The Labute approximate surface area is 104 Å². The minimum atomic E-state index is 0.583. The molecule has 0 bridgehead atoms. The van der Waals surface area contributed by atoms with Gasteiger partial charge in [-0.1, -0.05) is 31.2 Å². The molecule has 0 aromatic heterocycles. The van der Waals surface area contributed by atoms with Crippen molar-refractivity contribution in [2.45, 2.75) is 19.4 Å². The SMILES string of the molecule is CC(CN1CCNCC1)c1cccc(CN)c1. The van der Waals surface area contributed by atoms with Gasteiger partial charge in [-0.05, 0) is 17.0 Å². The lowest BCUT2D eigenvalue weighted by Crippen LogP contribution is -2.44. The number of nitrogens with two attached hydrogens (primary N) is 1. The molecule has 1 saturated heterocycles. The first-order valence-electron chi connectivity index (χ1n) is 6.51. The third-order valence-electron chi connectivity index (χ3n) is 3.50. The van der Waals surface area contributed by atoms with Gasteiger partial charge in [-0.3, -0.25) is 0 Å². The molecule has 3 heteroatoms. The number of nitrogens with zero attached hydrogens (tertiary/aromatic N) is 1. The number of piperazine rings is 1. The molecule has 1 aliphatic rings. The van der Waals surface area contributed by atoms with Crippen LogP contribution in [-0.2, 0) is 6.54 Å². The van der Waals surface area contributed by atoms with E-state index in [0.717, 1.165) is 19.6 Å². The maximum Gasteiger partial charge on any atom is 0.0178 e. The van der Waals surface area contributed by atoms with Crippen molar-refractivity contribution in [2.75, 3.05) is 32.7 Å². The summed E-state index contributed by atoms with van der Waals surface area (Å²) in [6.45, 7) is 8.66. The molecule has 1 atom stereocenters. The molecule has 3 nitrogen and oxygen atoms in total. The van der Waals surface area contributed by atoms with Gasteiger partial charge in [-0.2, -0.15) is 0 Å². The van der Waals surface area contributed by atoms with Gasteiger partial charge in [0.25, 0.3) is 0 Å². The third-order valence-corrected chi connectivity index (χ3v) is 3.50. The monoisotopic (exact) mass is 233 g/mol. The summed E-state index contributed by atoms with van der Waals surface area (Å²) in [5, 5.41) is 3.39. The Hall–Kier alpha value is -0.900. The molecule has 0 aliphatic carbocycles. The summed E-state index contributed by atoms with van der Waals surface area (Å²) in [4.78, 5) is 2.54. The Morgan fingerprint density at radius 2 is 2.12 bits per heavy atom. The van der Waals surface area contributed by atoms with Crippen molar-refractivity contribution in [1.82, 2.24) is 10.2 Å². The normalized spacial score (nSPS) is 19.2. The Balaban J connectivity index is 1.95. The van der Waals surface area contributed by atoms with E-state index < -0.39 is 0 Å². The molecule has 0 amide bonds. The Morgan fingerprint density at radius 1 is 1.35 bits per heavy atom. The molecule has 17 heavy (non-hydrogen) atoms. The number of hydrogen-bond acceptors (Lipinski definition) is 3. The number of hydrogen-bond donors (Lipinski definition) is 2. The minimum Gasteiger partial charge on any atom is -0.326 e. The van der Waals surface area contributed by atoms with E-state index >= 15 is 0 Å². The van der Waals surface area contributed by atoms with Gasteiger partial charge >= 0.3 is 0 Å². The summed E-state index contributed by atoms with van der Waals surface area (Å²) < 4.78 is 0. The van der Waals surface area contributed by atoms with Gasteiger partial charge in [-0.15, -0.1) is 0 Å². The molecule has 1 aromatic carbocycles. The van der Waals surface area contributed by atoms with E-state index in [9.17, 15) is 0 Å². The molecule has 1 unspecified atom stereocenters. The van der Waals surface area contributed by atoms with Crippen LogP contribution in [-0.4, -0.2) is 37.6 Å². The molecular weight excluding hydrogens is 210 g/mol. The van der Waals surface area contributed by atoms with E-state index in [1.165, 1.54) is 24.2 Å². The molecule has 0 spiro atoms. The Bertz CT molecular complexity index is 345. The largest absolute Gasteiger partial charge is 0.326 e. The average Bonchev–Trinajstić information content (AvgIpc) is 2.40. The average molecular weight is 233 g/mol. The van der Waals surface area contributed by atoms with Crippen LogP contribution in [0.2, 0.25) is 0 Å². The molecule has 1 fully saturated rings. The summed E-state index contributed by atoms with van der Waals surface area (Å²) in [6, 6.07) is 8.67. The van der Waals surface area contributed by atoms with Gasteiger partial charge in [-0.25, -0.2) is 0 Å². The molecule has 1 aliphatic heterocycles. The van der Waals surface area contributed by atoms with Gasteiger partial charge in [0, 0.05) is 39.3 Å². The lowest BCUT2D eigenvalue weighted by Gasteiger charge is -2.29. The van der Waals surface area contributed by atoms with Crippen molar-refractivity contribution in [3.63, 3.8) is 0 Å². The number of rotatable bonds is 4. The minimum absolute atomic E-state index is 0.583. The first kappa shape index (κ1) is 12.6. The van der Waals surface area contributed by atoms with Crippen molar-refractivity contribution in [2.24, 2.45) is 5.73 Å². The van der Waals surface area contributed by atoms with E-state index in [4.69, 9.17) is 5.73 Å². The van der Waals surface area contributed by atoms with Crippen molar-refractivity contribution < 1.29 is 0 Å². The zero-order valence-electron chi connectivity index (χ0n) is 10.7. The van der Waals surface area contributed by atoms with Gasteiger partial charge < -0.3 is 16.0 Å². The highest BCUT2D eigenvalue weighted by Crippen LogP contribution is 2.18. The molecule has 0 saturated carbocycles. The fourth-order valence-electron chi connectivity index (χ4n) is 2.41. The molecule has 1 heterocycles. The summed E-state index contributed by atoms with van der Waals surface area (Å²) in [5.74, 6) is 0.583. The van der Waals surface area contributed by atoms with Crippen molar-refractivity contribution >= 4 is 0 Å². The fourth-order valence-corrected chi connectivity index (χ4v) is 2.41. The van der Waals surface area contributed by atoms with Crippen LogP contribution < -0.4 is 11.1 Å². The van der Waals surface area contributed by atoms with Crippen molar-refractivity contribution in [3.05, 3.63) is 35.4 Å². The van der Waals surface area contributed by atoms with Crippen molar-refractivity contribution in [3.8, 4) is 0 Å². The van der Waals surface area contributed by atoms with E-state index in [2.05, 4.69) is 41.4 Å². The fraction of sp³-hybridized carbons (Fsp3) is 0.571. The van der Waals surface area contributed by atoms with E-state index in [-0.39, 0.29) is 0 Å². The molecule has 0 radical (unpaired) electrons. The van der Waals surface area contributed by atoms with E-state index in [0.29, 0.717) is 12.5 Å². The third kappa shape index (κ3) is 3.53. The van der Waals surface area contributed by atoms with Gasteiger partial charge in [0.15, 0.2) is 0 Å². The highest BCUT2D eigenvalue weighted by atomic mass is 15.2. The van der Waals surface area contributed by atoms with Crippen LogP contribution in [0.15, 0.2) is 24.3 Å². The Kier molecular flexibility index (Phi) is 4.54. The smallest absolute Gasteiger partial charge is 0.0178 e. The summed E-state index contributed by atoms with van der Waals surface area (Å²) in [7, 11) is 0. The van der Waals surface area contributed by atoms with E-state index in [1.54, 1.807) is 0 Å². The summed E-state index contributed by atoms with van der Waals surface area (Å²) in [6.07, 6.45) is 0. The second-order valence-corrected chi connectivity index (χ2v) is 4.90. The summed E-state index contributed by atoms with van der Waals surface area (Å²) >= 11 is 0. The van der Waals surface area contributed by atoms with Gasteiger partial charge in [0.05, 0.1) is 0 Å². The van der Waals surface area contributed by atoms with E-state index in [1.807, 2.05) is 0 Å². The second kappa shape index (κ2) is 6.15. The first-order chi connectivity index (χ1) is 8.29. The lowest BCUT2D eigenvalue weighted by molar-refractivity contribution is 0.230. The lowest BCUT2D eigenvalue weighted by atomic mass is 9.98. The van der Waals surface area contributed by atoms with Crippen LogP contribution >= 0.6 is 0 Å². The molecule has 94 valence electrons. The molecule has 2 rings (SSSR count). The van der Waals surface area contributed by atoms with Crippen molar-refractivity contribution in [1.29, 1.82) is 0 Å². The highest BCUT2D eigenvalue weighted by molar-refractivity contribution is 5.26. The second-order valence-electron chi connectivity index (χ2n) is 4.90. The molecular formula is C14H23N3. The number of nitrogens with one attached hydrogen (secondary N) is 1. The van der Waals surface area contributed by atoms with Crippen LogP contribution in [0.1, 0.15) is 24.0 Å². The quantitative estimate of drug-likeness (QED) is 0.820. The van der Waals surface area contributed by atoms with Gasteiger partial charge in [0.2, 0.25) is 0 Å². The molecule has 1 aromatic rings. The first-order valence-corrected chi connectivity index (χ1v) is 6.51. The zero-order valence-corrected chi connectivity index (χ0v) is 10.7. The predicted octanol–water partition coefficient (Wildman–Crippen LogP) is 1.15. The molecule has 3 N–H and O–H groups in total.